The predicted molar refractivity (Wildman–Crippen MR) is 83.0 cm³/mol. The van der Waals surface area contributed by atoms with Crippen molar-refractivity contribution in [2.75, 3.05) is 32.8 Å². The largest absolute Gasteiger partial charge is 0.375 e. The Kier molecular flexibility index (Phi) is 5.00. The summed E-state index contributed by atoms with van der Waals surface area (Å²) in [6.45, 7) is 8.25. The highest BCUT2D eigenvalue weighted by molar-refractivity contribution is 4.93. The third-order valence-corrected chi connectivity index (χ3v) is 5.83. The Morgan fingerprint density at radius 1 is 1.20 bits per heavy atom. The Morgan fingerprint density at radius 3 is 2.80 bits per heavy atom. The van der Waals surface area contributed by atoms with Crippen LogP contribution in [0.5, 0.6) is 0 Å². The lowest BCUT2D eigenvalue weighted by Gasteiger charge is -2.49. The molecule has 2 unspecified atom stereocenters. The molecule has 3 aliphatic rings. The van der Waals surface area contributed by atoms with Crippen molar-refractivity contribution in [1.29, 1.82) is 0 Å². The van der Waals surface area contributed by atoms with E-state index in [1.54, 1.807) is 0 Å². The SMILES string of the molecule is CCCC1(CN2CCOC3CCCCC32)CCNCC1. The summed E-state index contributed by atoms with van der Waals surface area (Å²) >= 11 is 0. The molecular weight excluding hydrogens is 248 g/mol. The molecule has 1 N–H and O–H groups in total. The first kappa shape index (κ1) is 14.8. The quantitative estimate of drug-likeness (QED) is 0.857. The summed E-state index contributed by atoms with van der Waals surface area (Å²) in [5, 5.41) is 3.55. The average Bonchev–Trinajstić information content (AvgIpc) is 2.49. The zero-order valence-corrected chi connectivity index (χ0v) is 13.2. The molecule has 2 heterocycles. The summed E-state index contributed by atoms with van der Waals surface area (Å²) in [7, 11) is 0. The van der Waals surface area contributed by atoms with Crippen LogP contribution in [-0.2, 0) is 4.74 Å². The van der Waals surface area contributed by atoms with Gasteiger partial charge in [0.1, 0.15) is 0 Å². The lowest BCUT2D eigenvalue weighted by Crippen LogP contribution is -2.56. The molecule has 0 radical (unpaired) electrons. The summed E-state index contributed by atoms with van der Waals surface area (Å²) in [6, 6.07) is 0.723. The number of ether oxygens (including phenoxy) is 1. The molecule has 0 bridgehead atoms. The second-order valence-electron chi connectivity index (χ2n) is 7.23. The van der Waals surface area contributed by atoms with Gasteiger partial charge in [-0.15, -0.1) is 0 Å². The van der Waals surface area contributed by atoms with Crippen molar-refractivity contribution < 1.29 is 4.74 Å². The Hall–Kier alpha value is -0.120. The third-order valence-electron chi connectivity index (χ3n) is 5.83. The molecule has 0 aromatic carbocycles. The van der Waals surface area contributed by atoms with Gasteiger partial charge in [-0.05, 0) is 50.6 Å². The highest BCUT2D eigenvalue weighted by atomic mass is 16.5. The van der Waals surface area contributed by atoms with Gasteiger partial charge in [0.05, 0.1) is 12.7 Å². The van der Waals surface area contributed by atoms with Gasteiger partial charge in [-0.3, -0.25) is 4.90 Å². The molecule has 2 atom stereocenters. The molecule has 2 saturated heterocycles. The third kappa shape index (κ3) is 3.20. The average molecular weight is 280 g/mol. The molecule has 3 fully saturated rings. The Bertz CT molecular complexity index is 294. The molecular formula is C17H32N2O. The zero-order chi connectivity index (χ0) is 13.8. The van der Waals surface area contributed by atoms with Gasteiger partial charge >= 0.3 is 0 Å². The molecule has 20 heavy (non-hydrogen) atoms. The number of rotatable bonds is 4. The Balaban J connectivity index is 1.66. The first-order valence-electron chi connectivity index (χ1n) is 8.89. The van der Waals surface area contributed by atoms with Gasteiger partial charge in [0, 0.05) is 19.1 Å². The molecule has 0 aromatic heterocycles. The fraction of sp³-hybridized carbons (Fsp3) is 1.00. The van der Waals surface area contributed by atoms with Crippen molar-refractivity contribution >= 4 is 0 Å². The molecule has 3 nitrogen and oxygen atoms in total. The van der Waals surface area contributed by atoms with E-state index in [2.05, 4.69) is 17.1 Å². The van der Waals surface area contributed by atoms with E-state index in [0.717, 1.165) is 12.6 Å². The van der Waals surface area contributed by atoms with Crippen LogP contribution in [0.1, 0.15) is 58.3 Å². The summed E-state index contributed by atoms with van der Waals surface area (Å²) in [5.41, 5.74) is 0.583. The number of hydrogen-bond acceptors (Lipinski definition) is 3. The maximum atomic E-state index is 6.04. The monoisotopic (exact) mass is 280 g/mol. The van der Waals surface area contributed by atoms with Crippen LogP contribution >= 0.6 is 0 Å². The van der Waals surface area contributed by atoms with Crippen LogP contribution in [0.3, 0.4) is 0 Å². The van der Waals surface area contributed by atoms with Gasteiger partial charge < -0.3 is 10.1 Å². The minimum Gasteiger partial charge on any atom is -0.375 e. The van der Waals surface area contributed by atoms with Crippen LogP contribution in [0.15, 0.2) is 0 Å². The molecule has 1 aliphatic carbocycles. The Labute approximate surface area is 124 Å². The van der Waals surface area contributed by atoms with E-state index in [4.69, 9.17) is 4.74 Å². The molecule has 0 aromatic rings. The normalized spacial score (nSPS) is 34.6. The minimum absolute atomic E-state index is 0.540. The van der Waals surface area contributed by atoms with Crippen molar-refractivity contribution in [2.45, 2.75) is 70.4 Å². The lowest BCUT2D eigenvalue weighted by molar-refractivity contribution is -0.102. The van der Waals surface area contributed by atoms with Crippen LogP contribution in [0.4, 0.5) is 0 Å². The van der Waals surface area contributed by atoms with E-state index in [9.17, 15) is 0 Å². The number of hydrogen-bond donors (Lipinski definition) is 1. The summed E-state index contributed by atoms with van der Waals surface area (Å²) in [5.74, 6) is 0. The van der Waals surface area contributed by atoms with E-state index in [1.807, 2.05) is 0 Å². The fourth-order valence-electron chi connectivity index (χ4n) is 4.78. The number of fused-ring (bicyclic) bond motifs is 1. The maximum absolute atomic E-state index is 6.04. The maximum Gasteiger partial charge on any atom is 0.0730 e. The summed E-state index contributed by atoms with van der Waals surface area (Å²) in [4.78, 5) is 2.81. The van der Waals surface area contributed by atoms with Gasteiger partial charge in [0.15, 0.2) is 0 Å². The van der Waals surface area contributed by atoms with Crippen LogP contribution in [0.2, 0.25) is 0 Å². The van der Waals surface area contributed by atoms with Crippen LogP contribution in [-0.4, -0.2) is 49.8 Å². The number of piperidine rings is 1. The number of morpholine rings is 1. The Morgan fingerprint density at radius 2 is 2.00 bits per heavy atom. The van der Waals surface area contributed by atoms with Crippen LogP contribution in [0, 0.1) is 5.41 Å². The van der Waals surface area contributed by atoms with Crippen molar-refractivity contribution in [1.82, 2.24) is 10.2 Å². The highest BCUT2D eigenvalue weighted by Crippen LogP contribution is 2.38. The molecule has 3 rings (SSSR count). The fourth-order valence-corrected chi connectivity index (χ4v) is 4.78. The first-order chi connectivity index (χ1) is 9.83. The van der Waals surface area contributed by atoms with Gasteiger partial charge in [-0.1, -0.05) is 26.2 Å². The number of nitrogens with one attached hydrogen (secondary N) is 1. The summed E-state index contributed by atoms with van der Waals surface area (Å²) < 4.78 is 6.04. The highest BCUT2D eigenvalue weighted by Gasteiger charge is 2.39. The number of nitrogens with zero attached hydrogens (tertiary/aromatic N) is 1. The topological polar surface area (TPSA) is 24.5 Å². The molecule has 2 aliphatic heterocycles. The lowest BCUT2D eigenvalue weighted by atomic mass is 9.74. The molecule has 0 amide bonds. The van der Waals surface area contributed by atoms with Crippen molar-refractivity contribution in [2.24, 2.45) is 5.41 Å². The smallest absolute Gasteiger partial charge is 0.0730 e. The molecule has 116 valence electrons. The standard InChI is InChI=1S/C17H32N2O/c1-2-7-17(8-10-18-11-9-17)14-19-12-13-20-16-6-4-3-5-15(16)19/h15-16,18H,2-14H2,1H3. The van der Waals surface area contributed by atoms with Gasteiger partial charge in [-0.2, -0.15) is 0 Å². The van der Waals surface area contributed by atoms with Crippen molar-refractivity contribution in [3.8, 4) is 0 Å². The molecule has 1 saturated carbocycles. The van der Waals surface area contributed by atoms with E-state index in [-0.39, 0.29) is 0 Å². The zero-order valence-electron chi connectivity index (χ0n) is 13.2. The van der Waals surface area contributed by atoms with Gasteiger partial charge in [-0.25, -0.2) is 0 Å². The van der Waals surface area contributed by atoms with Gasteiger partial charge in [0.2, 0.25) is 0 Å². The van der Waals surface area contributed by atoms with Crippen molar-refractivity contribution in [3.63, 3.8) is 0 Å². The van der Waals surface area contributed by atoms with E-state index in [1.165, 1.54) is 77.5 Å². The second-order valence-corrected chi connectivity index (χ2v) is 7.23. The van der Waals surface area contributed by atoms with Crippen LogP contribution < -0.4 is 5.32 Å². The van der Waals surface area contributed by atoms with Gasteiger partial charge in [0.25, 0.3) is 0 Å². The molecule has 3 heteroatoms. The second kappa shape index (κ2) is 6.76. The first-order valence-corrected chi connectivity index (χ1v) is 8.89. The van der Waals surface area contributed by atoms with Crippen LogP contribution in [0.25, 0.3) is 0 Å². The van der Waals surface area contributed by atoms with E-state index in [0.29, 0.717) is 11.5 Å². The predicted octanol–water partition coefficient (Wildman–Crippen LogP) is 2.80. The van der Waals surface area contributed by atoms with Crippen molar-refractivity contribution in [3.05, 3.63) is 0 Å². The summed E-state index contributed by atoms with van der Waals surface area (Å²) in [6.07, 6.45) is 11.5. The van der Waals surface area contributed by atoms with E-state index >= 15 is 0 Å². The minimum atomic E-state index is 0.540. The van der Waals surface area contributed by atoms with E-state index < -0.39 is 0 Å². The molecule has 0 spiro atoms.